The van der Waals surface area contributed by atoms with Crippen molar-refractivity contribution in [3.63, 3.8) is 0 Å². The first-order chi connectivity index (χ1) is 18.8. The first-order valence-corrected chi connectivity index (χ1v) is 13.4. The topological polar surface area (TPSA) is 159 Å². The van der Waals surface area contributed by atoms with Gasteiger partial charge in [0.15, 0.2) is 5.01 Å². The minimum Gasteiger partial charge on any atom is -0.399 e. The van der Waals surface area contributed by atoms with Crippen molar-refractivity contribution in [3.05, 3.63) is 82.4 Å². The average Bonchev–Trinajstić information content (AvgIpc) is 3.61. The summed E-state index contributed by atoms with van der Waals surface area (Å²) >= 11 is 1.20. The number of nitrogen functional groups attached to an aromatic ring is 1. The van der Waals surface area contributed by atoms with Crippen molar-refractivity contribution in [2.24, 2.45) is 0 Å². The van der Waals surface area contributed by atoms with Crippen molar-refractivity contribution >= 4 is 51.4 Å². The van der Waals surface area contributed by atoms with E-state index in [1.54, 1.807) is 36.6 Å². The Kier molecular flexibility index (Phi) is 9.06. The molecule has 2 aromatic heterocycles. The number of ketones is 1. The van der Waals surface area contributed by atoms with E-state index >= 15 is 0 Å². The fourth-order valence-electron chi connectivity index (χ4n) is 4.22. The van der Waals surface area contributed by atoms with Crippen LogP contribution in [0.25, 0.3) is 10.9 Å². The van der Waals surface area contributed by atoms with Gasteiger partial charge in [0.2, 0.25) is 23.5 Å². The van der Waals surface area contributed by atoms with E-state index in [0.29, 0.717) is 5.69 Å². The Morgan fingerprint density at radius 1 is 1.00 bits per heavy atom. The number of nitrogens with zero attached hydrogens (tertiary/aromatic N) is 1. The van der Waals surface area contributed by atoms with Crippen LogP contribution in [0.1, 0.15) is 34.3 Å². The van der Waals surface area contributed by atoms with Gasteiger partial charge >= 0.3 is 0 Å². The summed E-state index contributed by atoms with van der Waals surface area (Å²) in [5.74, 6) is -1.67. The van der Waals surface area contributed by atoms with Gasteiger partial charge in [-0.1, -0.05) is 37.3 Å². The molecule has 0 radical (unpaired) electrons. The number of H-pyrrole nitrogens is 1. The number of aromatic nitrogens is 2. The highest BCUT2D eigenvalue weighted by molar-refractivity contribution is 7.11. The standard InChI is InChI=1S/C28H30N6O4S/c1-2-24(35)34-23(13-17-6-5-7-19(29)12-17)27(38)32-16-25(36)33-22(26(37)28-30-10-11-39-28)14-18-15-31-21-9-4-3-8-20(18)21/h3-12,15,22-23,31H,2,13-14,16,29H2,1H3,(H,32,38)(H,33,36)(H,34,35). The molecule has 0 aliphatic rings. The molecule has 0 spiro atoms. The molecule has 4 rings (SSSR count). The maximum atomic E-state index is 13.2. The minimum atomic E-state index is -0.897. The molecule has 2 unspecified atom stereocenters. The average molecular weight is 547 g/mol. The first-order valence-electron chi connectivity index (χ1n) is 12.5. The van der Waals surface area contributed by atoms with Crippen LogP contribution in [0.4, 0.5) is 5.69 Å². The highest BCUT2D eigenvalue weighted by atomic mass is 32.1. The van der Waals surface area contributed by atoms with E-state index in [4.69, 9.17) is 5.73 Å². The highest BCUT2D eigenvalue weighted by Crippen LogP contribution is 2.20. The smallest absolute Gasteiger partial charge is 0.243 e. The quantitative estimate of drug-likeness (QED) is 0.136. The van der Waals surface area contributed by atoms with Crippen molar-refractivity contribution in [3.8, 4) is 0 Å². The number of aromatic amines is 1. The third-order valence-electron chi connectivity index (χ3n) is 6.18. The molecule has 0 aliphatic carbocycles. The molecule has 2 aromatic carbocycles. The lowest BCUT2D eigenvalue weighted by atomic mass is 10.0. The van der Waals surface area contributed by atoms with Gasteiger partial charge in [-0.05, 0) is 29.3 Å². The number of thiazole rings is 1. The van der Waals surface area contributed by atoms with Crippen molar-refractivity contribution < 1.29 is 19.2 Å². The number of hydrogen-bond acceptors (Lipinski definition) is 7. The molecule has 2 atom stereocenters. The molecule has 3 amide bonds. The fourth-order valence-corrected chi connectivity index (χ4v) is 4.85. The Labute approximate surface area is 229 Å². The molecule has 202 valence electrons. The molecule has 0 saturated carbocycles. The van der Waals surface area contributed by atoms with Crippen LogP contribution in [-0.4, -0.2) is 52.1 Å². The largest absolute Gasteiger partial charge is 0.399 e. The highest BCUT2D eigenvalue weighted by Gasteiger charge is 2.27. The summed E-state index contributed by atoms with van der Waals surface area (Å²) in [5.41, 5.74) is 8.95. The number of nitrogens with two attached hydrogens (primary N) is 1. The predicted octanol–water partition coefficient (Wildman–Crippen LogP) is 2.37. The number of rotatable bonds is 12. The van der Waals surface area contributed by atoms with Crippen molar-refractivity contribution in [2.45, 2.75) is 38.3 Å². The zero-order valence-electron chi connectivity index (χ0n) is 21.4. The Morgan fingerprint density at radius 2 is 1.79 bits per heavy atom. The van der Waals surface area contributed by atoms with Crippen LogP contribution in [-0.2, 0) is 27.2 Å². The van der Waals surface area contributed by atoms with E-state index in [1.165, 1.54) is 17.5 Å². The predicted molar refractivity (Wildman–Crippen MR) is 150 cm³/mol. The molecule has 0 fully saturated rings. The monoisotopic (exact) mass is 546 g/mol. The normalized spacial score (nSPS) is 12.4. The van der Waals surface area contributed by atoms with Gasteiger partial charge in [0.05, 0.1) is 12.6 Å². The summed E-state index contributed by atoms with van der Waals surface area (Å²) in [5, 5.41) is 11.0. The van der Waals surface area contributed by atoms with Crippen molar-refractivity contribution in [1.29, 1.82) is 0 Å². The minimum absolute atomic E-state index is 0.204. The number of amides is 3. The summed E-state index contributed by atoms with van der Waals surface area (Å²) < 4.78 is 0. The molecule has 0 aliphatic heterocycles. The van der Waals surface area contributed by atoms with Crippen molar-refractivity contribution in [2.75, 3.05) is 12.3 Å². The van der Waals surface area contributed by atoms with E-state index < -0.39 is 23.9 Å². The van der Waals surface area contributed by atoms with Gasteiger partial charge in [0, 0.05) is 53.6 Å². The lowest BCUT2D eigenvalue weighted by Gasteiger charge is -2.20. The second-order valence-corrected chi connectivity index (χ2v) is 9.92. The van der Waals surface area contributed by atoms with E-state index in [-0.39, 0.29) is 42.5 Å². The van der Waals surface area contributed by atoms with E-state index in [0.717, 1.165) is 22.0 Å². The van der Waals surface area contributed by atoms with Crippen LogP contribution in [0, 0.1) is 0 Å². The second-order valence-electron chi connectivity index (χ2n) is 9.03. The zero-order chi connectivity index (χ0) is 27.8. The number of anilines is 1. The summed E-state index contributed by atoms with van der Waals surface area (Å²) in [4.78, 5) is 58.5. The van der Waals surface area contributed by atoms with Gasteiger partial charge in [-0.2, -0.15) is 0 Å². The van der Waals surface area contributed by atoms with Gasteiger partial charge in [0.25, 0.3) is 0 Å². The van der Waals surface area contributed by atoms with E-state index in [9.17, 15) is 19.2 Å². The SMILES string of the molecule is CCC(=O)NC(Cc1cccc(N)c1)C(=O)NCC(=O)NC(Cc1c[nH]c2ccccc12)C(=O)c1nccs1. The Balaban J connectivity index is 1.44. The third-order valence-corrected chi connectivity index (χ3v) is 6.97. The van der Waals surface area contributed by atoms with Gasteiger partial charge in [-0.25, -0.2) is 4.98 Å². The molecule has 0 saturated heterocycles. The maximum Gasteiger partial charge on any atom is 0.243 e. The maximum absolute atomic E-state index is 13.2. The number of para-hydroxylation sites is 1. The number of nitrogens with one attached hydrogen (secondary N) is 4. The number of fused-ring (bicyclic) bond motifs is 1. The van der Waals surface area contributed by atoms with Crippen LogP contribution >= 0.6 is 11.3 Å². The summed E-state index contributed by atoms with van der Waals surface area (Å²) in [6.07, 6.45) is 4.00. The van der Waals surface area contributed by atoms with Gasteiger partial charge in [0.1, 0.15) is 6.04 Å². The van der Waals surface area contributed by atoms with Gasteiger partial charge in [-0.15, -0.1) is 11.3 Å². The number of hydrogen-bond donors (Lipinski definition) is 5. The second kappa shape index (κ2) is 12.8. The lowest BCUT2D eigenvalue weighted by molar-refractivity contribution is -0.130. The van der Waals surface area contributed by atoms with Crippen LogP contribution in [0.15, 0.2) is 66.3 Å². The zero-order valence-corrected chi connectivity index (χ0v) is 22.2. The summed E-state index contributed by atoms with van der Waals surface area (Å²) in [6, 6.07) is 12.9. The molecule has 2 heterocycles. The number of carbonyl (C=O) groups is 4. The molecule has 11 heteroatoms. The third kappa shape index (κ3) is 7.29. The number of benzene rings is 2. The van der Waals surface area contributed by atoms with Crippen LogP contribution in [0.3, 0.4) is 0 Å². The van der Waals surface area contributed by atoms with Gasteiger partial charge < -0.3 is 26.7 Å². The number of Topliss-reactive ketones (excluding diaryl/α,β-unsaturated/α-hetero) is 1. The lowest BCUT2D eigenvalue weighted by Crippen LogP contribution is -2.51. The fraction of sp³-hybridized carbons (Fsp3) is 0.250. The van der Waals surface area contributed by atoms with E-state index in [2.05, 4.69) is 25.9 Å². The Hall–Kier alpha value is -4.51. The molecular formula is C28H30N6O4S. The number of carbonyl (C=O) groups excluding carboxylic acids is 4. The Morgan fingerprint density at radius 3 is 2.54 bits per heavy atom. The molecular weight excluding hydrogens is 516 g/mol. The van der Waals surface area contributed by atoms with Crippen LogP contribution < -0.4 is 21.7 Å². The van der Waals surface area contributed by atoms with Crippen LogP contribution in [0.5, 0.6) is 0 Å². The summed E-state index contributed by atoms with van der Waals surface area (Å²) in [6.45, 7) is 1.31. The first kappa shape index (κ1) is 27.5. The van der Waals surface area contributed by atoms with E-state index in [1.807, 2.05) is 30.5 Å². The van der Waals surface area contributed by atoms with Crippen LogP contribution in [0.2, 0.25) is 0 Å². The van der Waals surface area contributed by atoms with Crippen molar-refractivity contribution in [1.82, 2.24) is 25.9 Å². The molecule has 4 aromatic rings. The van der Waals surface area contributed by atoms with Gasteiger partial charge in [-0.3, -0.25) is 19.2 Å². The molecule has 6 N–H and O–H groups in total. The summed E-state index contributed by atoms with van der Waals surface area (Å²) in [7, 11) is 0. The molecule has 0 bridgehead atoms. The Bertz CT molecular complexity index is 1470. The molecule has 10 nitrogen and oxygen atoms in total. The molecule has 39 heavy (non-hydrogen) atoms.